The van der Waals surface area contributed by atoms with Crippen molar-refractivity contribution in [2.75, 3.05) is 11.4 Å². The zero-order valence-corrected chi connectivity index (χ0v) is 13.3. The molecule has 0 saturated carbocycles. The first-order valence-electron chi connectivity index (χ1n) is 7.56. The quantitative estimate of drug-likeness (QED) is 0.602. The van der Waals surface area contributed by atoms with Gasteiger partial charge < -0.3 is 4.90 Å². The fourth-order valence-corrected chi connectivity index (χ4v) is 2.44. The molecule has 0 aromatic heterocycles. The SMILES string of the molecule is CCN(C(=O)C(C#N)Cc1ccc([N+](=O)[O-])cc1)c1ccccc1. The van der Waals surface area contributed by atoms with Gasteiger partial charge in [-0.1, -0.05) is 30.3 Å². The number of nitriles is 1. The van der Waals surface area contributed by atoms with Crippen LogP contribution in [-0.4, -0.2) is 17.4 Å². The third kappa shape index (κ3) is 3.96. The van der Waals surface area contributed by atoms with E-state index in [9.17, 15) is 20.2 Å². The molecule has 0 saturated heterocycles. The van der Waals surface area contributed by atoms with Crippen molar-refractivity contribution < 1.29 is 9.72 Å². The van der Waals surface area contributed by atoms with Crippen molar-refractivity contribution in [3.8, 4) is 6.07 Å². The van der Waals surface area contributed by atoms with Crippen LogP contribution in [0.5, 0.6) is 0 Å². The van der Waals surface area contributed by atoms with Crippen molar-refractivity contribution in [2.45, 2.75) is 13.3 Å². The predicted molar refractivity (Wildman–Crippen MR) is 90.4 cm³/mol. The number of nitro groups is 1. The van der Waals surface area contributed by atoms with E-state index < -0.39 is 10.8 Å². The summed E-state index contributed by atoms with van der Waals surface area (Å²) in [5.41, 5.74) is 1.44. The third-order valence-corrected chi connectivity index (χ3v) is 3.69. The van der Waals surface area contributed by atoms with Crippen LogP contribution in [0.15, 0.2) is 54.6 Å². The average molecular weight is 323 g/mol. The van der Waals surface area contributed by atoms with Crippen molar-refractivity contribution in [1.82, 2.24) is 0 Å². The first-order valence-corrected chi connectivity index (χ1v) is 7.56. The highest BCUT2D eigenvalue weighted by Gasteiger charge is 2.24. The first-order chi connectivity index (χ1) is 11.6. The fourth-order valence-electron chi connectivity index (χ4n) is 2.44. The number of non-ortho nitro benzene ring substituents is 1. The Morgan fingerprint density at radius 1 is 1.21 bits per heavy atom. The molecule has 1 unspecified atom stereocenters. The number of benzene rings is 2. The molecule has 0 aliphatic rings. The Morgan fingerprint density at radius 3 is 2.33 bits per heavy atom. The van der Waals surface area contributed by atoms with Crippen molar-refractivity contribution in [3.63, 3.8) is 0 Å². The number of hydrogen-bond acceptors (Lipinski definition) is 4. The summed E-state index contributed by atoms with van der Waals surface area (Å²) in [6.45, 7) is 2.31. The minimum Gasteiger partial charge on any atom is -0.312 e. The second kappa shape index (κ2) is 7.88. The highest BCUT2D eigenvalue weighted by Crippen LogP contribution is 2.20. The summed E-state index contributed by atoms with van der Waals surface area (Å²) in [7, 11) is 0. The van der Waals surface area contributed by atoms with E-state index in [0.717, 1.165) is 5.69 Å². The van der Waals surface area contributed by atoms with Gasteiger partial charge in [0, 0.05) is 24.4 Å². The molecule has 2 aromatic carbocycles. The number of rotatable bonds is 6. The van der Waals surface area contributed by atoms with Gasteiger partial charge in [-0.05, 0) is 31.0 Å². The second-order valence-electron chi connectivity index (χ2n) is 5.23. The lowest BCUT2D eigenvalue weighted by atomic mass is 9.98. The standard InChI is InChI=1S/C18H17N3O3/c1-2-20(16-6-4-3-5-7-16)18(22)15(13-19)12-14-8-10-17(11-9-14)21(23)24/h3-11,15H,2,12H2,1H3. The van der Waals surface area contributed by atoms with Gasteiger partial charge in [0.15, 0.2) is 0 Å². The minimum absolute atomic E-state index is 0.0157. The van der Waals surface area contributed by atoms with Gasteiger partial charge in [0.2, 0.25) is 5.91 Å². The number of anilines is 1. The maximum Gasteiger partial charge on any atom is 0.269 e. The summed E-state index contributed by atoms with van der Waals surface area (Å²) in [6.07, 6.45) is 0.219. The van der Waals surface area contributed by atoms with Gasteiger partial charge in [0.1, 0.15) is 5.92 Å². The molecule has 0 fully saturated rings. The molecule has 0 bridgehead atoms. The topological polar surface area (TPSA) is 87.2 Å². The molecule has 24 heavy (non-hydrogen) atoms. The molecular weight excluding hydrogens is 306 g/mol. The maximum atomic E-state index is 12.7. The van der Waals surface area contributed by atoms with Gasteiger partial charge in [0.25, 0.3) is 5.69 Å². The molecule has 2 aromatic rings. The summed E-state index contributed by atoms with van der Waals surface area (Å²) in [5.74, 6) is -1.11. The Hall–Kier alpha value is -3.20. The third-order valence-electron chi connectivity index (χ3n) is 3.69. The smallest absolute Gasteiger partial charge is 0.269 e. The van der Waals surface area contributed by atoms with E-state index in [1.807, 2.05) is 43.3 Å². The number of para-hydroxylation sites is 1. The Morgan fingerprint density at radius 2 is 1.83 bits per heavy atom. The number of hydrogen-bond donors (Lipinski definition) is 0. The predicted octanol–water partition coefficient (Wildman–Crippen LogP) is 3.33. The maximum absolute atomic E-state index is 12.7. The molecule has 1 amide bonds. The molecular formula is C18H17N3O3. The molecule has 1 atom stereocenters. The van der Waals surface area contributed by atoms with E-state index in [1.54, 1.807) is 17.0 Å². The minimum atomic E-state index is -0.841. The van der Waals surface area contributed by atoms with Crippen LogP contribution in [-0.2, 0) is 11.2 Å². The van der Waals surface area contributed by atoms with Crippen LogP contribution in [0.4, 0.5) is 11.4 Å². The number of carbonyl (C=O) groups is 1. The summed E-state index contributed by atoms with van der Waals surface area (Å²) in [5, 5.41) is 20.1. The van der Waals surface area contributed by atoms with Crippen LogP contribution < -0.4 is 4.90 Å². The Balaban J connectivity index is 2.16. The summed E-state index contributed by atoms with van der Waals surface area (Å²) < 4.78 is 0. The summed E-state index contributed by atoms with van der Waals surface area (Å²) in [6, 6.07) is 17.1. The van der Waals surface area contributed by atoms with Gasteiger partial charge in [-0.3, -0.25) is 14.9 Å². The van der Waals surface area contributed by atoms with Gasteiger partial charge in [-0.25, -0.2) is 0 Å². The van der Waals surface area contributed by atoms with Crippen LogP contribution in [0.3, 0.4) is 0 Å². The van der Waals surface area contributed by atoms with Gasteiger partial charge in [-0.2, -0.15) is 5.26 Å². The van der Waals surface area contributed by atoms with E-state index in [4.69, 9.17) is 0 Å². The Labute approximate surface area is 140 Å². The number of amides is 1. The summed E-state index contributed by atoms with van der Waals surface area (Å²) in [4.78, 5) is 24.4. The Bertz CT molecular complexity index is 751. The number of carbonyl (C=O) groups excluding carboxylic acids is 1. The monoisotopic (exact) mass is 323 g/mol. The van der Waals surface area contributed by atoms with Crippen LogP contribution in [0.2, 0.25) is 0 Å². The number of nitrogens with zero attached hydrogens (tertiary/aromatic N) is 3. The molecule has 0 heterocycles. The normalized spacial score (nSPS) is 11.3. The van der Waals surface area contributed by atoms with Crippen LogP contribution in [0, 0.1) is 27.4 Å². The average Bonchev–Trinajstić information content (AvgIpc) is 2.61. The molecule has 6 heteroatoms. The van der Waals surface area contributed by atoms with Gasteiger partial charge in [0.05, 0.1) is 11.0 Å². The lowest BCUT2D eigenvalue weighted by molar-refractivity contribution is -0.384. The van der Waals surface area contributed by atoms with Crippen molar-refractivity contribution in [1.29, 1.82) is 5.26 Å². The fraction of sp³-hybridized carbons (Fsp3) is 0.222. The molecule has 0 N–H and O–H groups in total. The van der Waals surface area contributed by atoms with Crippen molar-refractivity contribution >= 4 is 17.3 Å². The molecule has 122 valence electrons. The van der Waals surface area contributed by atoms with E-state index in [-0.39, 0.29) is 18.0 Å². The highest BCUT2D eigenvalue weighted by molar-refractivity contribution is 5.96. The first kappa shape index (κ1) is 17.2. The van der Waals surface area contributed by atoms with Gasteiger partial charge in [-0.15, -0.1) is 0 Å². The molecule has 0 spiro atoms. The zero-order chi connectivity index (χ0) is 17.5. The molecule has 0 aliphatic heterocycles. The van der Waals surface area contributed by atoms with Crippen molar-refractivity contribution in [3.05, 3.63) is 70.3 Å². The van der Waals surface area contributed by atoms with E-state index >= 15 is 0 Å². The second-order valence-corrected chi connectivity index (χ2v) is 5.23. The largest absolute Gasteiger partial charge is 0.312 e. The van der Waals surface area contributed by atoms with Crippen molar-refractivity contribution in [2.24, 2.45) is 5.92 Å². The lowest BCUT2D eigenvalue weighted by Crippen LogP contribution is -2.36. The molecule has 6 nitrogen and oxygen atoms in total. The van der Waals surface area contributed by atoms with Crippen LogP contribution >= 0.6 is 0 Å². The van der Waals surface area contributed by atoms with E-state index in [0.29, 0.717) is 12.1 Å². The molecule has 2 rings (SSSR count). The van der Waals surface area contributed by atoms with E-state index in [1.165, 1.54) is 12.1 Å². The van der Waals surface area contributed by atoms with Crippen LogP contribution in [0.25, 0.3) is 0 Å². The number of nitro benzene ring substituents is 1. The lowest BCUT2D eigenvalue weighted by Gasteiger charge is -2.23. The molecule has 0 radical (unpaired) electrons. The zero-order valence-electron chi connectivity index (χ0n) is 13.3. The van der Waals surface area contributed by atoms with Crippen LogP contribution in [0.1, 0.15) is 12.5 Å². The summed E-state index contributed by atoms with van der Waals surface area (Å²) >= 11 is 0. The highest BCUT2D eigenvalue weighted by atomic mass is 16.6. The van der Waals surface area contributed by atoms with Gasteiger partial charge >= 0.3 is 0 Å². The van der Waals surface area contributed by atoms with E-state index in [2.05, 4.69) is 0 Å². The molecule has 0 aliphatic carbocycles. The Kier molecular flexibility index (Phi) is 5.63.